The van der Waals surface area contributed by atoms with E-state index < -0.39 is 44.3 Å². The number of benzene rings is 2. The van der Waals surface area contributed by atoms with E-state index in [1.165, 1.54) is 0 Å². The topological polar surface area (TPSA) is 72.5 Å². The molecule has 0 amide bonds. The number of fused-ring (bicyclic) bond motifs is 3. The van der Waals surface area contributed by atoms with Gasteiger partial charge in [0.05, 0.1) is 0 Å². The Morgan fingerprint density at radius 3 is 2.25 bits per heavy atom. The van der Waals surface area contributed by atoms with Crippen LogP contribution in [0.25, 0.3) is 0 Å². The van der Waals surface area contributed by atoms with Crippen molar-refractivity contribution in [3.63, 3.8) is 0 Å². The molecule has 8 heteroatoms. The molecule has 28 heavy (non-hydrogen) atoms. The monoisotopic (exact) mass is 404 g/mol. The molecular formula is C20H21O7P. The molecule has 3 saturated heterocycles. The first-order chi connectivity index (χ1) is 13.4. The van der Waals surface area contributed by atoms with E-state index in [0.29, 0.717) is 5.75 Å². The average molecular weight is 404 g/mol. The lowest BCUT2D eigenvalue weighted by Crippen LogP contribution is -2.43. The first-order valence-electron chi connectivity index (χ1n) is 9.20. The molecule has 0 saturated carbocycles. The molecule has 148 valence electrons. The van der Waals surface area contributed by atoms with Crippen molar-refractivity contribution in [3.05, 3.63) is 66.2 Å². The van der Waals surface area contributed by atoms with Crippen molar-refractivity contribution in [2.45, 2.75) is 50.3 Å². The SMILES string of the molecule is CC1(C)O[C@H]2O[C@H]3[C@H](OP(=O)(Oc4ccccc4)O[C@H]3c3ccccc3)[C@H]2O1. The molecule has 0 aromatic heterocycles. The highest BCUT2D eigenvalue weighted by molar-refractivity contribution is 7.49. The molecule has 2 aromatic rings. The van der Waals surface area contributed by atoms with E-state index in [1.807, 2.05) is 36.4 Å². The van der Waals surface area contributed by atoms with Gasteiger partial charge in [-0.05, 0) is 31.5 Å². The van der Waals surface area contributed by atoms with Crippen LogP contribution in [0.2, 0.25) is 0 Å². The molecule has 0 aliphatic carbocycles. The minimum absolute atomic E-state index is 0.399. The third-order valence-electron chi connectivity index (χ3n) is 4.91. The Labute approximate surface area is 163 Å². The molecule has 2 aromatic carbocycles. The summed E-state index contributed by atoms with van der Waals surface area (Å²) in [7, 11) is -3.93. The smallest absolute Gasteiger partial charge is 0.404 e. The average Bonchev–Trinajstić information content (AvgIpc) is 3.14. The van der Waals surface area contributed by atoms with E-state index >= 15 is 0 Å². The molecule has 1 unspecified atom stereocenters. The van der Waals surface area contributed by atoms with Crippen LogP contribution in [0.4, 0.5) is 0 Å². The minimum Gasteiger partial charge on any atom is -0.404 e. The third kappa shape index (κ3) is 3.28. The Hall–Kier alpha value is -1.73. The molecule has 3 aliphatic rings. The van der Waals surface area contributed by atoms with Gasteiger partial charge >= 0.3 is 7.82 Å². The Bertz CT molecular complexity index is 888. The van der Waals surface area contributed by atoms with Crippen LogP contribution in [0.3, 0.4) is 0 Å². The van der Waals surface area contributed by atoms with Crippen LogP contribution in [0.15, 0.2) is 60.7 Å². The number of para-hydroxylation sites is 1. The molecule has 7 nitrogen and oxygen atoms in total. The van der Waals surface area contributed by atoms with Crippen LogP contribution in [-0.4, -0.2) is 30.4 Å². The highest BCUT2D eigenvalue weighted by Crippen LogP contribution is 2.62. The largest absolute Gasteiger partial charge is 0.531 e. The molecule has 5 rings (SSSR count). The van der Waals surface area contributed by atoms with Crippen molar-refractivity contribution in [2.75, 3.05) is 0 Å². The van der Waals surface area contributed by atoms with E-state index in [0.717, 1.165) is 5.56 Å². The molecule has 6 atom stereocenters. The van der Waals surface area contributed by atoms with Gasteiger partial charge in [0.15, 0.2) is 12.1 Å². The van der Waals surface area contributed by atoms with Crippen LogP contribution in [0.1, 0.15) is 25.5 Å². The van der Waals surface area contributed by atoms with Crippen molar-refractivity contribution < 1.29 is 32.3 Å². The van der Waals surface area contributed by atoms with E-state index in [9.17, 15) is 4.57 Å². The molecule has 3 fully saturated rings. The summed E-state index contributed by atoms with van der Waals surface area (Å²) < 4.78 is 48.7. The standard InChI is InChI=1S/C20H21O7P/c1-20(2)23-18-17-16(22-19(18)24-20)15(13-9-5-3-6-10-13)26-28(21,27-17)25-14-11-7-4-8-12-14/h3-12,15-19H,1-2H3/t15-,16+,17-,18+,19+,28?/m0/s1. The van der Waals surface area contributed by atoms with Gasteiger partial charge in [-0.2, -0.15) is 0 Å². The van der Waals surface area contributed by atoms with Gasteiger partial charge in [-0.1, -0.05) is 48.5 Å². The highest BCUT2D eigenvalue weighted by atomic mass is 31.2. The number of phosphoric acid groups is 1. The summed E-state index contributed by atoms with van der Waals surface area (Å²) in [6.45, 7) is 3.61. The second-order valence-electron chi connectivity index (χ2n) is 7.43. The van der Waals surface area contributed by atoms with Gasteiger partial charge in [0.1, 0.15) is 30.2 Å². The van der Waals surface area contributed by atoms with E-state index in [2.05, 4.69) is 0 Å². The summed E-state index contributed by atoms with van der Waals surface area (Å²) in [5.74, 6) is -0.412. The summed E-state index contributed by atoms with van der Waals surface area (Å²) in [6.07, 6.45) is -2.98. The fourth-order valence-electron chi connectivity index (χ4n) is 3.79. The maximum Gasteiger partial charge on any atom is 0.531 e. The zero-order valence-electron chi connectivity index (χ0n) is 15.5. The lowest BCUT2D eigenvalue weighted by Gasteiger charge is -2.38. The summed E-state index contributed by atoms with van der Waals surface area (Å²) in [4.78, 5) is 0. The van der Waals surface area contributed by atoms with Crippen LogP contribution in [-0.2, 0) is 27.8 Å². The lowest BCUT2D eigenvalue weighted by molar-refractivity contribution is -0.231. The van der Waals surface area contributed by atoms with Gasteiger partial charge in [-0.15, -0.1) is 0 Å². The van der Waals surface area contributed by atoms with Crippen LogP contribution >= 0.6 is 7.82 Å². The zero-order valence-corrected chi connectivity index (χ0v) is 16.4. The Morgan fingerprint density at radius 2 is 1.54 bits per heavy atom. The van der Waals surface area contributed by atoms with Gasteiger partial charge < -0.3 is 18.7 Å². The van der Waals surface area contributed by atoms with Gasteiger partial charge in [0.25, 0.3) is 0 Å². The fourth-order valence-corrected chi connectivity index (χ4v) is 5.36. The van der Waals surface area contributed by atoms with Crippen molar-refractivity contribution in [1.29, 1.82) is 0 Å². The first-order valence-corrected chi connectivity index (χ1v) is 10.7. The number of rotatable bonds is 3. The molecule has 0 bridgehead atoms. The Balaban J connectivity index is 1.49. The van der Waals surface area contributed by atoms with Crippen molar-refractivity contribution in [2.24, 2.45) is 0 Å². The number of hydrogen-bond acceptors (Lipinski definition) is 7. The summed E-state index contributed by atoms with van der Waals surface area (Å²) in [6, 6.07) is 18.3. The zero-order chi connectivity index (χ0) is 19.4. The molecule has 3 aliphatic heterocycles. The normalized spacial score (nSPS) is 38.6. The van der Waals surface area contributed by atoms with Gasteiger partial charge in [0.2, 0.25) is 0 Å². The van der Waals surface area contributed by atoms with Crippen LogP contribution in [0.5, 0.6) is 5.75 Å². The highest BCUT2D eigenvalue weighted by Gasteiger charge is 2.63. The van der Waals surface area contributed by atoms with Gasteiger partial charge in [-0.25, -0.2) is 4.57 Å². The van der Waals surface area contributed by atoms with Crippen molar-refractivity contribution >= 4 is 7.82 Å². The summed E-state index contributed by atoms with van der Waals surface area (Å²) in [5.41, 5.74) is 0.817. The third-order valence-corrected chi connectivity index (χ3v) is 6.33. The predicted molar refractivity (Wildman–Crippen MR) is 98.5 cm³/mol. The molecular weight excluding hydrogens is 383 g/mol. The second-order valence-corrected chi connectivity index (χ2v) is 8.93. The molecule has 0 N–H and O–H groups in total. The fraction of sp³-hybridized carbons (Fsp3) is 0.400. The van der Waals surface area contributed by atoms with E-state index in [1.54, 1.807) is 38.1 Å². The van der Waals surface area contributed by atoms with E-state index in [-0.39, 0.29) is 0 Å². The van der Waals surface area contributed by atoms with Crippen LogP contribution < -0.4 is 4.52 Å². The predicted octanol–water partition coefficient (Wildman–Crippen LogP) is 4.21. The van der Waals surface area contributed by atoms with Gasteiger partial charge in [-0.3, -0.25) is 9.05 Å². The maximum atomic E-state index is 13.5. The van der Waals surface area contributed by atoms with E-state index in [4.69, 9.17) is 27.8 Å². The van der Waals surface area contributed by atoms with Crippen LogP contribution in [0, 0.1) is 0 Å². The maximum absolute atomic E-state index is 13.5. The molecule has 0 radical (unpaired) electrons. The van der Waals surface area contributed by atoms with Gasteiger partial charge in [0, 0.05) is 0 Å². The number of phosphoric ester groups is 1. The lowest BCUT2D eigenvalue weighted by atomic mass is 9.99. The second kappa shape index (κ2) is 6.66. The molecule has 0 spiro atoms. The van der Waals surface area contributed by atoms with Crippen molar-refractivity contribution in [1.82, 2.24) is 0 Å². The summed E-state index contributed by atoms with van der Waals surface area (Å²) in [5, 5.41) is 0. The minimum atomic E-state index is -3.93. The number of hydrogen-bond donors (Lipinski definition) is 0. The Morgan fingerprint density at radius 1 is 0.857 bits per heavy atom. The summed E-state index contributed by atoms with van der Waals surface area (Å²) >= 11 is 0. The quantitative estimate of drug-likeness (QED) is 0.710. The first kappa shape index (κ1) is 18.3. The van der Waals surface area contributed by atoms with Crippen molar-refractivity contribution in [3.8, 4) is 5.75 Å². The molecule has 3 heterocycles. The Kier molecular flexibility index (Phi) is 4.36. The number of ether oxygens (including phenoxy) is 3.